The van der Waals surface area contributed by atoms with Crippen molar-refractivity contribution >= 4 is 17.9 Å². The van der Waals surface area contributed by atoms with E-state index in [2.05, 4.69) is 13.8 Å². The van der Waals surface area contributed by atoms with Gasteiger partial charge in [0, 0.05) is 24.0 Å². The Hall–Kier alpha value is -2.27. The smallest absolute Gasteiger partial charge is 0.335 e. The van der Waals surface area contributed by atoms with Crippen molar-refractivity contribution in [3.8, 4) is 0 Å². The Bertz CT molecular complexity index is 1060. The fourth-order valence-electron chi connectivity index (χ4n) is 7.36. The van der Waals surface area contributed by atoms with Gasteiger partial charge in [0.15, 0.2) is 6.10 Å². The van der Waals surface area contributed by atoms with Gasteiger partial charge in [-0.15, -0.1) is 0 Å². The number of allylic oxidation sites excluding steroid dienone is 2. The number of fused-ring (bicyclic) bond motifs is 2. The maximum absolute atomic E-state index is 13.0. The lowest BCUT2D eigenvalue weighted by Crippen LogP contribution is -2.69. The molecule has 10 heteroatoms. The molecule has 5 fully saturated rings. The van der Waals surface area contributed by atoms with E-state index in [4.69, 9.17) is 28.4 Å². The minimum atomic E-state index is -1.38. The van der Waals surface area contributed by atoms with Crippen molar-refractivity contribution in [2.75, 3.05) is 19.8 Å². The van der Waals surface area contributed by atoms with Crippen molar-refractivity contribution in [1.82, 2.24) is 0 Å². The van der Waals surface area contributed by atoms with E-state index in [1.165, 1.54) is 24.3 Å². The zero-order valence-electron chi connectivity index (χ0n) is 21.3. The van der Waals surface area contributed by atoms with Crippen LogP contribution < -0.4 is 0 Å². The third-order valence-corrected chi connectivity index (χ3v) is 10.0. The Balaban J connectivity index is 1.37. The molecule has 4 aliphatic heterocycles. The molecule has 3 saturated heterocycles. The van der Waals surface area contributed by atoms with Crippen molar-refractivity contribution in [2.24, 2.45) is 16.7 Å². The molecule has 6 aliphatic rings. The van der Waals surface area contributed by atoms with Gasteiger partial charge < -0.3 is 33.5 Å². The largest absolute Gasteiger partial charge is 0.463 e. The summed E-state index contributed by atoms with van der Waals surface area (Å²) in [5.74, 6) is -2.38. The maximum atomic E-state index is 13.0. The molecule has 0 aromatic heterocycles. The quantitative estimate of drug-likeness (QED) is 0.285. The van der Waals surface area contributed by atoms with Crippen LogP contribution >= 0.6 is 0 Å². The van der Waals surface area contributed by atoms with Gasteiger partial charge in [-0.05, 0) is 32.1 Å². The highest BCUT2D eigenvalue weighted by molar-refractivity contribution is 5.84. The van der Waals surface area contributed by atoms with E-state index in [9.17, 15) is 19.5 Å². The predicted molar refractivity (Wildman–Crippen MR) is 125 cm³/mol. The molecule has 2 aliphatic carbocycles. The summed E-state index contributed by atoms with van der Waals surface area (Å²) in [5, 5.41) is 10.7. The van der Waals surface area contributed by atoms with Crippen LogP contribution in [0.25, 0.3) is 0 Å². The van der Waals surface area contributed by atoms with Crippen LogP contribution in [-0.4, -0.2) is 84.6 Å². The van der Waals surface area contributed by atoms with Crippen LogP contribution in [0.15, 0.2) is 24.3 Å². The Morgan fingerprint density at radius 1 is 0.946 bits per heavy atom. The number of rotatable bonds is 0. The molecule has 0 aromatic carbocycles. The number of epoxide rings is 2. The van der Waals surface area contributed by atoms with Gasteiger partial charge in [-0.25, -0.2) is 14.4 Å². The van der Waals surface area contributed by atoms with Crippen LogP contribution in [0.1, 0.15) is 46.5 Å². The summed E-state index contributed by atoms with van der Waals surface area (Å²) in [5.41, 5.74) is -2.40. The number of hydrogen-bond donors (Lipinski definition) is 1. The summed E-state index contributed by atoms with van der Waals surface area (Å²) in [6.45, 7) is 6.30. The van der Waals surface area contributed by atoms with E-state index in [-0.39, 0.29) is 43.5 Å². The van der Waals surface area contributed by atoms with Gasteiger partial charge in [-0.2, -0.15) is 0 Å². The minimum absolute atomic E-state index is 0.0217. The van der Waals surface area contributed by atoms with Gasteiger partial charge in [0.2, 0.25) is 0 Å². The molecular weight excluding hydrogens is 484 g/mol. The van der Waals surface area contributed by atoms with Gasteiger partial charge in [0.25, 0.3) is 0 Å². The average molecular weight is 519 g/mol. The van der Waals surface area contributed by atoms with Crippen molar-refractivity contribution in [3.63, 3.8) is 0 Å². The van der Waals surface area contributed by atoms with Crippen molar-refractivity contribution in [1.29, 1.82) is 0 Å². The van der Waals surface area contributed by atoms with Gasteiger partial charge >= 0.3 is 17.9 Å². The summed E-state index contributed by atoms with van der Waals surface area (Å²) < 4.78 is 35.9. The first kappa shape index (κ1) is 25.0. The Kier molecular flexibility index (Phi) is 5.66. The minimum Gasteiger partial charge on any atom is -0.463 e. The molecule has 6 rings (SSSR count). The average Bonchev–Trinajstić information content (AvgIpc) is 3.77. The van der Waals surface area contributed by atoms with Crippen molar-refractivity contribution < 1.29 is 47.9 Å². The zero-order valence-corrected chi connectivity index (χ0v) is 21.3. The molecule has 202 valence electrons. The van der Waals surface area contributed by atoms with Crippen LogP contribution in [0.3, 0.4) is 0 Å². The van der Waals surface area contributed by atoms with Gasteiger partial charge in [-0.3, -0.25) is 0 Å². The van der Waals surface area contributed by atoms with Crippen molar-refractivity contribution in [2.45, 2.75) is 88.2 Å². The number of hydrogen-bond acceptors (Lipinski definition) is 10. The van der Waals surface area contributed by atoms with E-state index in [0.29, 0.717) is 19.4 Å². The fraction of sp³-hybridized carbons (Fsp3) is 0.741. The predicted octanol–water partition coefficient (Wildman–Crippen LogP) is 1.38. The molecule has 2 spiro atoms. The molecule has 2 bridgehead atoms. The van der Waals surface area contributed by atoms with E-state index < -0.39 is 52.5 Å². The summed E-state index contributed by atoms with van der Waals surface area (Å²) >= 11 is 0. The number of aliphatic hydroxyl groups is 1. The van der Waals surface area contributed by atoms with Crippen LogP contribution in [-0.2, 0) is 42.8 Å². The molecule has 1 N–H and O–H groups in total. The number of aliphatic hydroxyl groups excluding tert-OH is 1. The van der Waals surface area contributed by atoms with E-state index in [1.54, 1.807) is 6.92 Å². The van der Waals surface area contributed by atoms with Crippen molar-refractivity contribution in [3.05, 3.63) is 24.3 Å². The molecule has 10 nitrogen and oxygen atoms in total. The van der Waals surface area contributed by atoms with Crippen LogP contribution in [0, 0.1) is 16.7 Å². The first-order valence-corrected chi connectivity index (χ1v) is 13.1. The first-order valence-electron chi connectivity index (χ1n) is 13.1. The Morgan fingerprint density at radius 3 is 2.41 bits per heavy atom. The topological polar surface area (TPSA) is 133 Å². The number of ether oxygens (including phenoxy) is 6. The lowest BCUT2D eigenvalue weighted by atomic mass is 9.50. The molecule has 2 saturated carbocycles. The maximum Gasteiger partial charge on any atom is 0.335 e. The molecule has 37 heavy (non-hydrogen) atoms. The van der Waals surface area contributed by atoms with Gasteiger partial charge in [0.1, 0.15) is 24.4 Å². The summed E-state index contributed by atoms with van der Waals surface area (Å²) in [7, 11) is 0. The standard InChI is InChI=1S/C27H34O10/c1-15-8-11-32-18(28)6-4-5-7-19(29)35-16-12-17-27(14-34-27)25(16,3)26(13-33-23(31)20(15)30)10-9-24(2)21(37-24)22(26)36-17/h4-7,15-17,20-22,30H,8-14H2,1-3H3/b6-4?,7-5-/t15?,16-,17-,20?,21+,22-,24-,25-,26-,27?/m1/s1. The van der Waals surface area contributed by atoms with Crippen LogP contribution in [0.5, 0.6) is 0 Å². The zero-order chi connectivity index (χ0) is 26.2. The summed E-state index contributed by atoms with van der Waals surface area (Å²) in [6.07, 6.45) is 4.66. The number of carbonyl (C=O) groups excluding carboxylic acids is 3. The van der Waals surface area contributed by atoms with E-state index in [0.717, 1.165) is 6.42 Å². The second kappa shape index (κ2) is 8.36. The lowest BCUT2D eigenvalue weighted by Gasteiger charge is -2.58. The second-order valence-corrected chi connectivity index (χ2v) is 11.8. The molecule has 10 atom stereocenters. The van der Waals surface area contributed by atoms with E-state index >= 15 is 0 Å². The highest BCUT2D eigenvalue weighted by atomic mass is 16.7. The van der Waals surface area contributed by atoms with Crippen LogP contribution in [0.4, 0.5) is 0 Å². The summed E-state index contributed by atoms with van der Waals surface area (Å²) in [4.78, 5) is 37.7. The molecule has 0 radical (unpaired) electrons. The first-order chi connectivity index (χ1) is 17.6. The second-order valence-electron chi connectivity index (χ2n) is 11.8. The number of carbonyl (C=O) groups is 3. The van der Waals surface area contributed by atoms with Gasteiger partial charge in [0.05, 0.1) is 36.4 Å². The van der Waals surface area contributed by atoms with Gasteiger partial charge in [-0.1, -0.05) is 26.0 Å². The van der Waals surface area contributed by atoms with Crippen LogP contribution in [0.2, 0.25) is 0 Å². The number of cyclic esters (lactones) is 2. The third kappa shape index (κ3) is 3.56. The third-order valence-electron chi connectivity index (χ3n) is 10.0. The highest BCUT2D eigenvalue weighted by Gasteiger charge is 2.86. The molecule has 3 unspecified atom stereocenters. The monoisotopic (exact) mass is 518 g/mol. The normalized spacial score (nSPS) is 52.1. The molecular formula is C27H34O10. The molecule has 4 heterocycles. The van der Waals surface area contributed by atoms with E-state index in [1.807, 2.05) is 0 Å². The molecule has 0 aromatic rings. The Morgan fingerprint density at radius 2 is 1.68 bits per heavy atom. The fourth-order valence-corrected chi connectivity index (χ4v) is 7.36. The Labute approximate surface area is 215 Å². The SMILES string of the molecule is CC1CCOC(=O)C=C/C=C\C(=O)O[C@@H]2C[C@H]3O[C@@H]4[C@@H]5O[C@]5(C)CC[C@]4(COC(=O)C1O)[C@]2(C)C31CO1. The lowest BCUT2D eigenvalue weighted by molar-refractivity contribution is -0.252. The highest BCUT2D eigenvalue weighted by Crippen LogP contribution is 2.75. The summed E-state index contributed by atoms with van der Waals surface area (Å²) in [6, 6.07) is 0. The molecule has 0 amide bonds. The number of esters is 3.